The summed E-state index contributed by atoms with van der Waals surface area (Å²) in [5, 5.41) is 1.80. The van der Waals surface area contributed by atoms with Crippen LogP contribution in [-0.4, -0.2) is 49.8 Å². The Morgan fingerprint density at radius 3 is 2.03 bits per heavy atom. The van der Waals surface area contributed by atoms with Crippen LogP contribution in [0, 0.1) is 18.3 Å². The third-order valence-corrected chi connectivity index (χ3v) is 26.4. The van der Waals surface area contributed by atoms with Crippen molar-refractivity contribution in [2.75, 3.05) is 6.54 Å². The van der Waals surface area contributed by atoms with Crippen molar-refractivity contribution >= 4 is 32.4 Å². The van der Waals surface area contributed by atoms with Crippen LogP contribution in [0.3, 0.4) is 0 Å². The molecule has 0 spiro atoms. The van der Waals surface area contributed by atoms with Crippen LogP contribution in [0.25, 0.3) is 0 Å². The van der Waals surface area contributed by atoms with E-state index in [9.17, 15) is 4.79 Å². The molecule has 1 saturated heterocycles. The van der Waals surface area contributed by atoms with E-state index >= 15 is 0 Å². The minimum absolute atomic E-state index is 0.277. The minimum atomic E-state index is -2.29. The van der Waals surface area contributed by atoms with Gasteiger partial charge in [-0.1, -0.05) is 0 Å². The van der Waals surface area contributed by atoms with Gasteiger partial charge in [0.1, 0.15) is 0 Å². The molecule has 4 heteroatoms. The molecule has 0 aromatic heterocycles. The summed E-state index contributed by atoms with van der Waals surface area (Å²) in [5.74, 6) is 3.48. The first-order valence-corrected chi connectivity index (χ1v) is 25.7. The number of unbranched alkanes of at least 4 members (excludes halogenated alkanes) is 3. The van der Waals surface area contributed by atoms with Gasteiger partial charge in [-0.25, -0.2) is 0 Å². The Bertz CT molecular complexity index is 623. The number of hydrogen-bond donors (Lipinski definition) is 0. The molecule has 0 aliphatic carbocycles. The molecule has 1 rings (SSSR count). The van der Waals surface area contributed by atoms with Crippen LogP contribution in [-0.2, 0) is 4.79 Å². The van der Waals surface area contributed by atoms with E-state index in [-0.39, 0.29) is 6.04 Å². The zero-order valence-corrected chi connectivity index (χ0v) is 27.1. The molecule has 0 aromatic carbocycles. The fourth-order valence-electron chi connectivity index (χ4n) is 5.56. The standard InChI is InChI=1S/C17H28NOSi.3C4H9.Sn/c1-7-9-15-12-17(19)18(13-15)16(10-8-2)11-14(3)20(4,5)6;3*1-3-4-2;/h1,11,15-16H,3,8-10,12-13H2,2,4-6H3;3*1,3-4H2,2H3;/b14-11+;;;;/t15-,16?;;;;/m1..../s1. The van der Waals surface area contributed by atoms with E-state index in [1.54, 1.807) is 18.5 Å². The van der Waals surface area contributed by atoms with Crippen LogP contribution >= 0.6 is 0 Å². The van der Waals surface area contributed by atoms with Crippen molar-refractivity contribution in [3.63, 3.8) is 0 Å². The molecule has 190 valence electrons. The Morgan fingerprint density at radius 2 is 1.61 bits per heavy atom. The van der Waals surface area contributed by atoms with Gasteiger partial charge < -0.3 is 0 Å². The topological polar surface area (TPSA) is 20.3 Å². The first-order chi connectivity index (χ1) is 15.7. The number of terminal acetylenes is 1. The van der Waals surface area contributed by atoms with Gasteiger partial charge in [-0.15, -0.1) is 0 Å². The second kappa shape index (κ2) is 15.7. The molecule has 0 N–H and O–H groups in total. The monoisotopic (exact) mass is 581 g/mol. The van der Waals surface area contributed by atoms with E-state index < -0.39 is 26.5 Å². The van der Waals surface area contributed by atoms with E-state index in [0.717, 1.165) is 25.8 Å². The molecule has 0 bridgehead atoms. The van der Waals surface area contributed by atoms with Gasteiger partial charge >= 0.3 is 213 Å². The van der Waals surface area contributed by atoms with Gasteiger partial charge in [0.2, 0.25) is 0 Å². The van der Waals surface area contributed by atoms with Crippen LogP contribution in [0.1, 0.15) is 91.9 Å². The van der Waals surface area contributed by atoms with E-state index in [4.69, 9.17) is 6.42 Å². The van der Waals surface area contributed by atoms with E-state index in [1.165, 1.54) is 43.0 Å². The second-order valence-corrected chi connectivity index (χ2v) is 30.8. The summed E-state index contributed by atoms with van der Waals surface area (Å²) in [6.07, 6.45) is 20.1. The third-order valence-electron chi connectivity index (χ3n) is 7.73. The van der Waals surface area contributed by atoms with Gasteiger partial charge in [0.25, 0.3) is 0 Å². The molecule has 0 aromatic rings. The first kappa shape index (κ1) is 30.8. The number of allylic oxidation sites excluding steroid dienone is 1. The summed E-state index contributed by atoms with van der Waals surface area (Å²) in [4.78, 5) is 15.2. The van der Waals surface area contributed by atoms with Crippen molar-refractivity contribution in [2.45, 2.75) is 135 Å². The molecule has 1 heterocycles. The number of likely N-dealkylation sites (tertiary alicyclic amines) is 1. The summed E-state index contributed by atoms with van der Waals surface area (Å²) in [6, 6.07) is 0.277. The summed E-state index contributed by atoms with van der Waals surface area (Å²) >= 11 is -2.29. The summed E-state index contributed by atoms with van der Waals surface area (Å²) in [5.41, 5.74) is 0. The molecule has 0 saturated carbocycles. The normalized spacial score (nSPS) is 18.6. The fourth-order valence-corrected chi connectivity index (χ4v) is 29.6. The van der Waals surface area contributed by atoms with Crippen molar-refractivity contribution in [1.82, 2.24) is 4.90 Å². The van der Waals surface area contributed by atoms with E-state index in [0.29, 0.717) is 18.2 Å². The Labute approximate surface area is 212 Å². The first-order valence-electron chi connectivity index (χ1n) is 14.1. The number of amides is 1. The Morgan fingerprint density at radius 1 is 1.06 bits per heavy atom. The molecule has 1 amide bonds. The molecule has 1 aliphatic heterocycles. The maximum atomic E-state index is 13.0. The van der Waals surface area contributed by atoms with E-state index in [1.807, 2.05) is 0 Å². The number of hydrogen-bond acceptors (Lipinski definition) is 1. The molecule has 0 radical (unpaired) electrons. The van der Waals surface area contributed by atoms with E-state index in [2.05, 4.69) is 64.2 Å². The average molecular weight is 581 g/mol. The number of carbonyl (C=O) groups excluding carboxylic acids is 1. The van der Waals surface area contributed by atoms with Crippen LogP contribution in [0.15, 0.2) is 11.3 Å². The summed E-state index contributed by atoms with van der Waals surface area (Å²) in [7, 11) is -1.47. The molecule has 33 heavy (non-hydrogen) atoms. The molecule has 2 atom stereocenters. The van der Waals surface area contributed by atoms with Gasteiger partial charge in [0, 0.05) is 0 Å². The SMILES string of the molecule is C#CC[C@@H]1CC(=O)N(C(/C=C(\[CH2][Sn]([CH2]CCC)([CH2]CCC)[CH2]CCC)[Si](C)(C)C)CCC)C1. The van der Waals surface area contributed by atoms with Crippen LogP contribution in [0.2, 0.25) is 37.4 Å². The van der Waals surface area contributed by atoms with Crippen molar-refractivity contribution in [3.05, 3.63) is 11.3 Å². The van der Waals surface area contributed by atoms with Gasteiger partial charge in [0.15, 0.2) is 0 Å². The molecule has 1 unspecified atom stereocenters. The summed E-state index contributed by atoms with van der Waals surface area (Å²) < 4.78 is 6.16. The summed E-state index contributed by atoms with van der Waals surface area (Å²) in [6.45, 7) is 17.9. The Kier molecular flexibility index (Phi) is 14.7. The number of nitrogens with zero attached hydrogens (tertiary/aromatic N) is 1. The predicted octanol–water partition coefficient (Wildman–Crippen LogP) is 8.68. The molecule has 1 aliphatic rings. The number of carbonyl (C=O) groups is 1. The maximum absolute atomic E-state index is 13.0. The van der Waals surface area contributed by atoms with Crippen molar-refractivity contribution in [1.29, 1.82) is 0 Å². The van der Waals surface area contributed by atoms with Gasteiger partial charge in [0.05, 0.1) is 0 Å². The van der Waals surface area contributed by atoms with Crippen LogP contribution < -0.4 is 0 Å². The Balaban J connectivity index is 3.33. The Hall–Kier alpha value is -0.214. The van der Waals surface area contributed by atoms with Crippen LogP contribution in [0.5, 0.6) is 0 Å². The van der Waals surface area contributed by atoms with Gasteiger partial charge in [-0.05, 0) is 0 Å². The molecular formula is C29H55NOSiSn. The predicted molar refractivity (Wildman–Crippen MR) is 153 cm³/mol. The van der Waals surface area contributed by atoms with Gasteiger partial charge in [-0.3, -0.25) is 0 Å². The van der Waals surface area contributed by atoms with Crippen LogP contribution in [0.4, 0.5) is 0 Å². The third kappa shape index (κ3) is 10.5. The van der Waals surface area contributed by atoms with Crippen molar-refractivity contribution in [3.8, 4) is 12.3 Å². The number of rotatable bonds is 17. The average Bonchev–Trinajstić information content (AvgIpc) is 3.13. The fraction of sp³-hybridized carbons (Fsp3) is 0.828. The van der Waals surface area contributed by atoms with Crippen molar-refractivity contribution in [2.24, 2.45) is 5.92 Å². The zero-order valence-electron chi connectivity index (χ0n) is 23.3. The quantitative estimate of drug-likeness (QED) is 0.125. The molecular weight excluding hydrogens is 525 g/mol. The molecule has 1 fully saturated rings. The zero-order chi connectivity index (χ0) is 24.9. The van der Waals surface area contributed by atoms with Gasteiger partial charge in [-0.2, -0.15) is 0 Å². The molecule has 2 nitrogen and oxygen atoms in total. The second-order valence-electron chi connectivity index (χ2n) is 11.8. The van der Waals surface area contributed by atoms with Crippen molar-refractivity contribution < 1.29 is 4.79 Å².